The molecule has 0 unspecified atom stereocenters. The number of aromatic nitrogens is 1. The van der Waals surface area contributed by atoms with Crippen LogP contribution in [-0.4, -0.2) is 35.6 Å². The number of hydrogen-bond acceptors (Lipinski definition) is 3. The van der Waals surface area contributed by atoms with Gasteiger partial charge < -0.3 is 14.6 Å². The van der Waals surface area contributed by atoms with E-state index in [1.165, 1.54) is 27.7 Å². The Balaban J connectivity index is 1.20. The number of ether oxygens (including phenoxy) is 1. The average Bonchev–Trinajstić information content (AvgIpc) is 3.24. The Morgan fingerprint density at radius 2 is 1.69 bits per heavy atom. The van der Waals surface area contributed by atoms with Crippen LogP contribution in [0.2, 0.25) is 0 Å². The molecule has 186 valence electrons. The van der Waals surface area contributed by atoms with E-state index in [2.05, 4.69) is 76.3 Å². The van der Waals surface area contributed by atoms with Crippen molar-refractivity contribution in [2.24, 2.45) is 5.92 Å². The lowest BCUT2D eigenvalue weighted by Gasteiger charge is -2.31. The molecule has 0 saturated carbocycles. The van der Waals surface area contributed by atoms with Crippen molar-refractivity contribution in [1.82, 2.24) is 14.8 Å². The lowest BCUT2D eigenvalue weighted by Crippen LogP contribution is -2.40. The maximum atomic E-state index is 12.8. The van der Waals surface area contributed by atoms with Crippen molar-refractivity contribution in [2.75, 3.05) is 20.2 Å². The van der Waals surface area contributed by atoms with Gasteiger partial charge in [-0.05, 0) is 73.6 Å². The predicted molar refractivity (Wildman–Crippen MR) is 145 cm³/mol. The van der Waals surface area contributed by atoms with Gasteiger partial charge in [0.15, 0.2) is 0 Å². The molecular weight excluding hydrogens is 446 g/mol. The zero-order valence-electron chi connectivity index (χ0n) is 21.2. The van der Waals surface area contributed by atoms with E-state index in [4.69, 9.17) is 4.74 Å². The third-order valence-electron chi connectivity index (χ3n) is 7.29. The summed E-state index contributed by atoms with van der Waals surface area (Å²) in [6, 6.07) is 27.6. The van der Waals surface area contributed by atoms with Gasteiger partial charge in [-0.1, -0.05) is 60.2 Å². The number of methoxy groups -OCH3 is 1. The van der Waals surface area contributed by atoms with E-state index >= 15 is 0 Å². The lowest BCUT2D eigenvalue weighted by molar-refractivity contribution is -0.126. The number of aryl methyl sites for hydroxylation is 1. The summed E-state index contributed by atoms with van der Waals surface area (Å²) in [6.45, 7) is 6.35. The summed E-state index contributed by atoms with van der Waals surface area (Å²) >= 11 is 0. The zero-order valence-corrected chi connectivity index (χ0v) is 21.2. The molecule has 5 rings (SSSR count). The van der Waals surface area contributed by atoms with E-state index in [1.807, 2.05) is 24.3 Å². The number of rotatable bonds is 8. The molecule has 1 aliphatic heterocycles. The van der Waals surface area contributed by atoms with Gasteiger partial charge in [0.25, 0.3) is 0 Å². The summed E-state index contributed by atoms with van der Waals surface area (Å²) in [5.74, 6) is 1.08. The minimum Gasteiger partial charge on any atom is -0.497 e. The normalized spacial score (nSPS) is 14.7. The second kappa shape index (κ2) is 11.0. The molecule has 1 saturated heterocycles. The van der Waals surface area contributed by atoms with Crippen molar-refractivity contribution in [3.8, 4) is 5.75 Å². The summed E-state index contributed by atoms with van der Waals surface area (Å²) in [5, 5.41) is 4.41. The van der Waals surface area contributed by atoms with Gasteiger partial charge in [-0.15, -0.1) is 0 Å². The van der Waals surface area contributed by atoms with Crippen LogP contribution in [0.1, 0.15) is 35.2 Å². The largest absolute Gasteiger partial charge is 0.497 e. The van der Waals surface area contributed by atoms with Gasteiger partial charge in [-0.2, -0.15) is 0 Å². The molecule has 1 amide bonds. The van der Waals surface area contributed by atoms with Crippen molar-refractivity contribution in [3.05, 3.63) is 101 Å². The van der Waals surface area contributed by atoms with Crippen LogP contribution in [0.5, 0.6) is 5.75 Å². The Kier molecular flexibility index (Phi) is 7.38. The minimum atomic E-state index is 0.0812. The van der Waals surface area contributed by atoms with Crippen molar-refractivity contribution in [1.29, 1.82) is 0 Å². The molecule has 0 spiro atoms. The Morgan fingerprint density at radius 1 is 0.917 bits per heavy atom. The second-order valence-corrected chi connectivity index (χ2v) is 9.89. The van der Waals surface area contributed by atoms with Crippen molar-refractivity contribution < 1.29 is 9.53 Å². The van der Waals surface area contributed by atoms with Crippen LogP contribution < -0.4 is 10.1 Å². The zero-order chi connectivity index (χ0) is 24.9. The lowest BCUT2D eigenvalue weighted by atomic mass is 9.95. The van der Waals surface area contributed by atoms with Crippen LogP contribution in [0.25, 0.3) is 10.9 Å². The molecule has 1 aromatic heterocycles. The number of hydrogen-bond donors (Lipinski definition) is 1. The summed E-state index contributed by atoms with van der Waals surface area (Å²) in [6.07, 6.45) is 1.79. The first-order valence-corrected chi connectivity index (χ1v) is 12.8. The number of nitrogens with zero attached hydrogens (tertiary/aromatic N) is 2. The van der Waals surface area contributed by atoms with Gasteiger partial charge in [0.05, 0.1) is 7.11 Å². The third kappa shape index (κ3) is 5.63. The highest BCUT2D eigenvalue weighted by Gasteiger charge is 2.25. The maximum Gasteiger partial charge on any atom is 0.223 e. The number of nitrogens with one attached hydrogen (secondary N) is 1. The molecule has 3 aromatic carbocycles. The van der Waals surface area contributed by atoms with Gasteiger partial charge in [-0.3, -0.25) is 9.69 Å². The Bertz CT molecular complexity index is 1320. The molecular formula is C31H35N3O2. The van der Waals surface area contributed by atoms with Crippen molar-refractivity contribution in [2.45, 2.75) is 39.4 Å². The smallest absolute Gasteiger partial charge is 0.223 e. The van der Waals surface area contributed by atoms with Crippen LogP contribution in [-0.2, 0) is 24.4 Å². The maximum absolute atomic E-state index is 12.8. The average molecular weight is 482 g/mol. The van der Waals surface area contributed by atoms with E-state index in [0.717, 1.165) is 50.3 Å². The van der Waals surface area contributed by atoms with Crippen molar-refractivity contribution in [3.63, 3.8) is 0 Å². The molecule has 2 heterocycles. The van der Waals surface area contributed by atoms with Crippen molar-refractivity contribution >= 4 is 16.8 Å². The summed E-state index contributed by atoms with van der Waals surface area (Å²) in [5.41, 5.74) is 6.31. The van der Waals surface area contributed by atoms with Crippen LogP contribution >= 0.6 is 0 Å². The Morgan fingerprint density at radius 3 is 2.44 bits per heavy atom. The molecule has 1 fully saturated rings. The van der Waals surface area contributed by atoms with Crippen LogP contribution in [0.4, 0.5) is 0 Å². The van der Waals surface area contributed by atoms with Crippen LogP contribution in [0, 0.1) is 12.8 Å². The first-order valence-electron chi connectivity index (χ1n) is 12.8. The third-order valence-corrected chi connectivity index (χ3v) is 7.29. The number of amides is 1. The second-order valence-electron chi connectivity index (χ2n) is 9.89. The van der Waals surface area contributed by atoms with Crippen LogP contribution in [0.15, 0.2) is 78.9 Å². The summed E-state index contributed by atoms with van der Waals surface area (Å²) in [7, 11) is 1.66. The molecule has 4 aromatic rings. The SMILES string of the molecule is COc1ccc(CNC(=O)C2CCN(Cc3cc4ccccc4n3Cc3cccc(C)c3)CC2)cc1. The van der Waals surface area contributed by atoms with Gasteiger partial charge in [0.2, 0.25) is 5.91 Å². The monoisotopic (exact) mass is 481 g/mol. The number of piperidine rings is 1. The standard InChI is InChI=1S/C31H35N3O2/c1-23-6-5-7-25(18-23)21-34-28(19-27-8-3-4-9-30(27)34)22-33-16-14-26(15-17-33)31(35)32-20-24-10-12-29(36-2)13-11-24/h3-13,18-19,26H,14-17,20-22H2,1-2H3,(H,32,35). The Labute approximate surface area is 213 Å². The number of carbonyl (C=O) groups is 1. The summed E-state index contributed by atoms with van der Waals surface area (Å²) < 4.78 is 7.66. The quantitative estimate of drug-likeness (QED) is 0.360. The van der Waals surface area contributed by atoms with E-state index in [9.17, 15) is 4.79 Å². The number of likely N-dealkylation sites (tertiary alicyclic amines) is 1. The Hall–Kier alpha value is -3.57. The van der Waals surface area contributed by atoms with E-state index in [0.29, 0.717) is 6.54 Å². The van der Waals surface area contributed by atoms with Gasteiger partial charge in [0.1, 0.15) is 5.75 Å². The number of fused-ring (bicyclic) bond motifs is 1. The first kappa shape index (κ1) is 24.1. The minimum absolute atomic E-state index is 0.0812. The van der Waals surface area contributed by atoms with E-state index in [-0.39, 0.29) is 11.8 Å². The fourth-order valence-electron chi connectivity index (χ4n) is 5.24. The fraction of sp³-hybridized carbons (Fsp3) is 0.323. The summed E-state index contributed by atoms with van der Waals surface area (Å²) in [4.78, 5) is 15.3. The fourth-order valence-corrected chi connectivity index (χ4v) is 5.24. The van der Waals surface area contributed by atoms with Gasteiger partial charge in [0, 0.05) is 36.8 Å². The molecule has 5 heteroatoms. The molecule has 0 radical (unpaired) electrons. The molecule has 5 nitrogen and oxygen atoms in total. The molecule has 1 N–H and O–H groups in total. The first-order chi connectivity index (χ1) is 17.6. The molecule has 36 heavy (non-hydrogen) atoms. The number of benzene rings is 3. The van der Waals surface area contributed by atoms with Gasteiger partial charge in [-0.25, -0.2) is 0 Å². The highest BCUT2D eigenvalue weighted by Crippen LogP contribution is 2.25. The van der Waals surface area contributed by atoms with Crippen LogP contribution in [0.3, 0.4) is 0 Å². The molecule has 0 atom stereocenters. The topological polar surface area (TPSA) is 46.5 Å². The molecule has 0 bridgehead atoms. The van der Waals surface area contributed by atoms with Gasteiger partial charge >= 0.3 is 0 Å². The molecule has 1 aliphatic rings. The predicted octanol–water partition coefficient (Wildman–Crippen LogP) is 5.54. The van der Waals surface area contributed by atoms with E-state index in [1.54, 1.807) is 7.11 Å². The number of carbonyl (C=O) groups excluding carboxylic acids is 1. The van der Waals surface area contributed by atoms with E-state index < -0.39 is 0 Å². The number of para-hydroxylation sites is 1. The highest BCUT2D eigenvalue weighted by atomic mass is 16.5. The molecule has 0 aliphatic carbocycles. The highest BCUT2D eigenvalue weighted by molar-refractivity contribution is 5.81.